The predicted molar refractivity (Wildman–Crippen MR) is 51.3 cm³/mol. The molecule has 1 aliphatic carbocycles. The van der Waals surface area contributed by atoms with Gasteiger partial charge in [0.25, 0.3) is 10.2 Å². The summed E-state index contributed by atoms with van der Waals surface area (Å²) in [5.41, 5.74) is 5.60. The van der Waals surface area contributed by atoms with Gasteiger partial charge < -0.3 is 5.73 Å². The highest BCUT2D eigenvalue weighted by Crippen LogP contribution is 2.26. The maximum absolute atomic E-state index is 11.2. The third-order valence-corrected chi connectivity index (χ3v) is 3.94. The average molecular weight is 207 g/mol. The second-order valence-electron chi connectivity index (χ2n) is 3.59. The molecule has 0 atom stereocenters. The maximum Gasteiger partial charge on any atom is 0.278 e. The van der Waals surface area contributed by atoms with E-state index in [0.29, 0.717) is 12.5 Å². The molecule has 1 rings (SSSR count). The van der Waals surface area contributed by atoms with Crippen LogP contribution in [0.2, 0.25) is 0 Å². The maximum atomic E-state index is 11.2. The zero-order valence-corrected chi connectivity index (χ0v) is 8.84. The third kappa shape index (κ3) is 2.63. The summed E-state index contributed by atoms with van der Waals surface area (Å²) in [6.45, 7) is 0.566. The van der Waals surface area contributed by atoms with E-state index in [4.69, 9.17) is 5.73 Å². The molecule has 0 radical (unpaired) electrons. The topological polar surface area (TPSA) is 75.4 Å². The molecule has 0 aliphatic heterocycles. The number of hydrogen-bond donors (Lipinski definition) is 2. The Labute approximate surface area is 79.5 Å². The SMILES string of the molecule is CNS(=O)(=O)N(C)CC1CC(N)C1. The molecule has 5 nitrogen and oxygen atoms in total. The first-order valence-electron chi connectivity index (χ1n) is 4.36. The highest BCUT2D eigenvalue weighted by atomic mass is 32.2. The molecule has 0 heterocycles. The second-order valence-corrected chi connectivity index (χ2v) is 5.57. The Bertz CT molecular complexity index is 259. The van der Waals surface area contributed by atoms with E-state index < -0.39 is 10.2 Å². The van der Waals surface area contributed by atoms with Crippen LogP contribution in [0.3, 0.4) is 0 Å². The Hall–Kier alpha value is -0.170. The summed E-state index contributed by atoms with van der Waals surface area (Å²) in [6, 6.07) is 0.274. The Kier molecular flexibility index (Phi) is 3.28. The summed E-state index contributed by atoms with van der Waals surface area (Å²) in [5.74, 6) is 0.433. The Morgan fingerprint density at radius 1 is 1.54 bits per heavy atom. The van der Waals surface area contributed by atoms with Crippen molar-refractivity contribution < 1.29 is 8.42 Å². The molecule has 0 aromatic heterocycles. The number of nitrogens with one attached hydrogen (secondary N) is 1. The zero-order valence-electron chi connectivity index (χ0n) is 8.03. The minimum Gasteiger partial charge on any atom is -0.328 e. The molecule has 13 heavy (non-hydrogen) atoms. The van der Waals surface area contributed by atoms with Crippen LogP contribution in [-0.2, 0) is 10.2 Å². The standard InChI is InChI=1S/C7H17N3O2S/c1-9-13(11,12)10(2)5-6-3-7(8)4-6/h6-7,9H,3-5,8H2,1-2H3. The molecule has 0 unspecified atom stereocenters. The molecule has 6 heteroatoms. The molecule has 0 bridgehead atoms. The largest absolute Gasteiger partial charge is 0.328 e. The van der Waals surface area contributed by atoms with Gasteiger partial charge in [-0.15, -0.1) is 0 Å². The molecule has 0 spiro atoms. The molecule has 3 N–H and O–H groups in total. The van der Waals surface area contributed by atoms with E-state index in [0.717, 1.165) is 12.8 Å². The fourth-order valence-corrected chi connectivity index (χ4v) is 2.27. The van der Waals surface area contributed by atoms with Gasteiger partial charge in [0.15, 0.2) is 0 Å². The van der Waals surface area contributed by atoms with Crippen molar-refractivity contribution in [2.75, 3.05) is 20.6 Å². The summed E-state index contributed by atoms with van der Waals surface area (Å²) in [5, 5.41) is 0. The van der Waals surface area contributed by atoms with Crippen molar-refractivity contribution in [1.82, 2.24) is 9.03 Å². The van der Waals surface area contributed by atoms with E-state index in [-0.39, 0.29) is 6.04 Å². The lowest BCUT2D eigenvalue weighted by Crippen LogP contribution is -2.45. The third-order valence-electron chi connectivity index (χ3n) is 2.46. The highest BCUT2D eigenvalue weighted by Gasteiger charge is 2.29. The van der Waals surface area contributed by atoms with E-state index >= 15 is 0 Å². The molecule has 0 aromatic rings. The van der Waals surface area contributed by atoms with Crippen LogP contribution < -0.4 is 10.5 Å². The molecule has 0 saturated heterocycles. The van der Waals surface area contributed by atoms with Crippen molar-refractivity contribution in [3.05, 3.63) is 0 Å². The van der Waals surface area contributed by atoms with Crippen molar-refractivity contribution in [1.29, 1.82) is 0 Å². The normalized spacial score (nSPS) is 28.9. The van der Waals surface area contributed by atoms with E-state index in [1.54, 1.807) is 7.05 Å². The molecular formula is C7H17N3O2S. The Morgan fingerprint density at radius 2 is 2.08 bits per heavy atom. The minimum absolute atomic E-state index is 0.274. The monoisotopic (exact) mass is 207 g/mol. The van der Waals surface area contributed by atoms with Gasteiger partial charge in [0.1, 0.15) is 0 Å². The quantitative estimate of drug-likeness (QED) is 0.628. The highest BCUT2D eigenvalue weighted by molar-refractivity contribution is 7.87. The molecule has 1 aliphatic rings. The van der Waals surface area contributed by atoms with Gasteiger partial charge in [0, 0.05) is 26.7 Å². The van der Waals surface area contributed by atoms with Gasteiger partial charge in [-0.25, -0.2) is 4.72 Å². The number of hydrogen-bond acceptors (Lipinski definition) is 3. The van der Waals surface area contributed by atoms with Crippen LogP contribution in [0, 0.1) is 5.92 Å². The molecule has 0 aromatic carbocycles. The number of nitrogens with two attached hydrogens (primary N) is 1. The summed E-state index contributed by atoms with van der Waals surface area (Å²) >= 11 is 0. The Balaban J connectivity index is 2.38. The summed E-state index contributed by atoms with van der Waals surface area (Å²) in [7, 11) is -0.250. The van der Waals surface area contributed by atoms with Crippen LogP contribution in [0.1, 0.15) is 12.8 Å². The van der Waals surface area contributed by atoms with Crippen LogP contribution in [0.5, 0.6) is 0 Å². The van der Waals surface area contributed by atoms with Crippen molar-refractivity contribution in [2.45, 2.75) is 18.9 Å². The van der Waals surface area contributed by atoms with Crippen molar-refractivity contribution in [2.24, 2.45) is 11.7 Å². The lowest BCUT2D eigenvalue weighted by Gasteiger charge is -2.34. The van der Waals surface area contributed by atoms with Crippen molar-refractivity contribution in [3.8, 4) is 0 Å². The fraction of sp³-hybridized carbons (Fsp3) is 1.00. The van der Waals surface area contributed by atoms with Crippen LogP contribution in [0.25, 0.3) is 0 Å². The van der Waals surface area contributed by atoms with Crippen LogP contribution >= 0.6 is 0 Å². The number of rotatable bonds is 4. The van der Waals surface area contributed by atoms with Gasteiger partial charge in [0.2, 0.25) is 0 Å². The van der Waals surface area contributed by atoms with Gasteiger partial charge in [0.05, 0.1) is 0 Å². The first kappa shape index (κ1) is 10.9. The minimum atomic E-state index is -3.24. The van der Waals surface area contributed by atoms with E-state index in [1.165, 1.54) is 11.4 Å². The zero-order chi connectivity index (χ0) is 10.1. The fourth-order valence-electron chi connectivity index (χ4n) is 1.55. The van der Waals surface area contributed by atoms with Crippen molar-refractivity contribution in [3.63, 3.8) is 0 Å². The van der Waals surface area contributed by atoms with Gasteiger partial charge in [-0.3, -0.25) is 0 Å². The van der Waals surface area contributed by atoms with E-state index in [9.17, 15) is 8.42 Å². The number of nitrogens with zero attached hydrogens (tertiary/aromatic N) is 1. The summed E-state index contributed by atoms with van der Waals surface area (Å²) in [4.78, 5) is 0. The molecule has 0 amide bonds. The van der Waals surface area contributed by atoms with Gasteiger partial charge >= 0.3 is 0 Å². The first-order chi connectivity index (χ1) is 5.95. The van der Waals surface area contributed by atoms with Crippen LogP contribution in [-0.4, -0.2) is 39.4 Å². The van der Waals surface area contributed by atoms with Crippen molar-refractivity contribution >= 4 is 10.2 Å². The van der Waals surface area contributed by atoms with E-state index in [2.05, 4.69) is 4.72 Å². The molecular weight excluding hydrogens is 190 g/mol. The smallest absolute Gasteiger partial charge is 0.278 e. The predicted octanol–water partition coefficient (Wildman–Crippen LogP) is -0.880. The molecule has 1 saturated carbocycles. The lowest BCUT2D eigenvalue weighted by atomic mass is 9.81. The average Bonchev–Trinajstić information content (AvgIpc) is 2.01. The van der Waals surface area contributed by atoms with Gasteiger partial charge in [-0.05, 0) is 18.8 Å². The Morgan fingerprint density at radius 3 is 2.46 bits per heavy atom. The van der Waals surface area contributed by atoms with Gasteiger partial charge in [-0.2, -0.15) is 12.7 Å². The summed E-state index contributed by atoms with van der Waals surface area (Å²) < 4.78 is 26.1. The molecule has 78 valence electrons. The van der Waals surface area contributed by atoms with Gasteiger partial charge in [-0.1, -0.05) is 0 Å². The molecule has 1 fully saturated rings. The van der Waals surface area contributed by atoms with Crippen LogP contribution in [0.4, 0.5) is 0 Å². The van der Waals surface area contributed by atoms with Crippen LogP contribution in [0.15, 0.2) is 0 Å². The first-order valence-corrected chi connectivity index (χ1v) is 5.80. The van der Waals surface area contributed by atoms with E-state index in [1.807, 2.05) is 0 Å². The second kappa shape index (κ2) is 3.91. The lowest BCUT2D eigenvalue weighted by molar-refractivity contribution is 0.226. The summed E-state index contributed by atoms with van der Waals surface area (Å²) in [6.07, 6.45) is 1.87.